The Morgan fingerprint density at radius 3 is 2.43 bits per heavy atom. The summed E-state index contributed by atoms with van der Waals surface area (Å²) in [6.07, 6.45) is 2.83. The van der Waals surface area contributed by atoms with Gasteiger partial charge in [0.15, 0.2) is 11.4 Å². The molecule has 2 amide bonds. The molecule has 5 rings (SSSR count). The topological polar surface area (TPSA) is 124 Å². The number of aliphatic hydroxyl groups excluding tert-OH is 1. The summed E-state index contributed by atoms with van der Waals surface area (Å²) >= 11 is 1.66. The molecule has 0 bridgehead atoms. The van der Waals surface area contributed by atoms with Crippen LogP contribution in [-0.2, 0) is 39.2 Å². The van der Waals surface area contributed by atoms with Gasteiger partial charge in [0, 0.05) is 43.2 Å². The number of nitrogens with zero attached hydrogens (tertiary/aromatic N) is 2. The van der Waals surface area contributed by atoms with Crippen molar-refractivity contribution in [3.63, 3.8) is 0 Å². The number of imidazole rings is 1. The molecule has 0 radical (unpaired) electrons. The molecule has 1 aromatic heterocycles. The molecule has 0 spiro atoms. The summed E-state index contributed by atoms with van der Waals surface area (Å²) < 4.78 is 20.1. The minimum Gasteiger partial charge on any atom is -0.465 e. The fraction of sp³-hybridized carbons (Fsp3) is 0.343. The summed E-state index contributed by atoms with van der Waals surface area (Å²) in [5, 5.41) is 15.8. The van der Waals surface area contributed by atoms with Crippen LogP contribution in [0.2, 0.25) is 0 Å². The Bertz CT molecular complexity index is 1590. The zero-order chi connectivity index (χ0) is 32.5. The number of esters is 1. The third kappa shape index (κ3) is 8.35. The third-order valence-corrected chi connectivity index (χ3v) is 9.07. The van der Waals surface area contributed by atoms with Gasteiger partial charge in [-0.25, -0.2) is 9.78 Å². The molecule has 1 aliphatic heterocycles. The Kier molecular flexibility index (Phi) is 11.5. The van der Waals surface area contributed by atoms with Crippen LogP contribution in [0.3, 0.4) is 0 Å². The zero-order valence-corrected chi connectivity index (χ0v) is 27.0. The molecule has 4 atom stereocenters. The molecule has 46 heavy (non-hydrogen) atoms. The van der Waals surface area contributed by atoms with Gasteiger partial charge in [0.2, 0.25) is 0 Å². The van der Waals surface area contributed by atoms with Crippen molar-refractivity contribution in [3.05, 3.63) is 107 Å². The van der Waals surface area contributed by atoms with Gasteiger partial charge in [-0.3, -0.25) is 4.79 Å². The Balaban J connectivity index is 1.31. The minimum atomic E-state index is -0.584. The number of aliphatic hydroxyl groups is 1. The predicted molar refractivity (Wildman–Crippen MR) is 176 cm³/mol. The second-order valence-corrected chi connectivity index (χ2v) is 12.1. The molecular weight excluding hydrogens is 604 g/mol. The smallest absolute Gasteiger partial charge is 0.325 e. The average Bonchev–Trinajstić information content (AvgIpc) is 3.50. The van der Waals surface area contributed by atoms with E-state index in [9.17, 15) is 14.7 Å². The number of ether oxygens (including phenoxy) is 3. The third-order valence-electron chi connectivity index (χ3n) is 7.93. The molecular formula is C35H40N4O6S. The highest BCUT2D eigenvalue weighted by Crippen LogP contribution is 2.43. The fourth-order valence-corrected chi connectivity index (χ4v) is 6.43. The lowest BCUT2D eigenvalue weighted by atomic mass is 9.91. The van der Waals surface area contributed by atoms with Crippen LogP contribution in [0.15, 0.2) is 90.3 Å². The fourth-order valence-electron chi connectivity index (χ4n) is 5.34. The zero-order valence-electron chi connectivity index (χ0n) is 26.2. The predicted octanol–water partition coefficient (Wildman–Crippen LogP) is 5.53. The SMILES string of the molecule is CCOC(=O)CNC(=O)NCc1ccccc1-c1ccc(C2OC(CSc3nccn3C)C(C)C(c3ccc(CO)cc3)O2)cc1. The summed E-state index contributed by atoms with van der Waals surface area (Å²) in [7, 11) is 1.98. The van der Waals surface area contributed by atoms with E-state index in [0.29, 0.717) is 5.75 Å². The van der Waals surface area contributed by atoms with Crippen LogP contribution >= 0.6 is 11.8 Å². The first-order valence-corrected chi connectivity index (χ1v) is 16.3. The molecule has 2 heterocycles. The van der Waals surface area contributed by atoms with Gasteiger partial charge >= 0.3 is 12.0 Å². The van der Waals surface area contributed by atoms with Gasteiger partial charge in [0.1, 0.15) is 6.54 Å². The van der Waals surface area contributed by atoms with Gasteiger partial charge in [-0.15, -0.1) is 0 Å². The molecule has 11 heteroatoms. The Morgan fingerprint density at radius 2 is 1.74 bits per heavy atom. The summed E-state index contributed by atoms with van der Waals surface area (Å²) in [5.74, 6) is 0.294. The summed E-state index contributed by atoms with van der Waals surface area (Å²) in [4.78, 5) is 28.3. The molecule has 4 aromatic rings. The van der Waals surface area contributed by atoms with Crippen LogP contribution in [0, 0.1) is 5.92 Å². The van der Waals surface area contributed by atoms with Crippen molar-refractivity contribution in [2.24, 2.45) is 13.0 Å². The first-order valence-electron chi connectivity index (χ1n) is 15.3. The van der Waals surface area contributed by atoms with E-state index in [1.54, 1.807) is 24.9 Å². The number of carbonyl (C=O) groups is 2. The van der Waals surface area contributed by atoms with Gasteiger partial charge in [-0.1, -0.05) is 91.5 Å². The molecule has 3 N–H and O–H groups in total. The first kappa shape index (κ1) is 33.2. The maximum absolute atomic E-state index is 12.3. The van der Waals surface area contributed by atoms with E-state index >= 15 is 0 Å². The average molecular weight is 645 g/mol. The molecule has 4 unspecified atom stereocenters. The van der Waals surface area contributed by atoms with Crippen LogP contribution < -0.4 is 10.6 Å². The number of hydrogen-bond acceptors (Lipinski definition) is 8. The van der Waals surface area contributed by atoms with Crippen molar-refractivity contribution < 1.29 is 28.9 Å². The lowest BCUT2D eigenvalue weighted by Gasteiger charge is -2.41. The standard InChI is InChI=1S/C35H40N4O6S/c1-4-43-31(41)20-38-34(42)37-19-28-7-5-6-8-29(28)25-13-15-27(16-14-25)33-44-30(22-46-35-36-17-18-39(35)3)23(2)32(45-33)26-11-9-24(21-40)10-12-26/h5-18,23,30,32-33,40H,4,19-22H2,1-3H3,(H2,37,38,42). The Morgan fingerprint density at radius 1 is 1.00 bits per heavy atom. The number of amides is 2. The molecule has 1 fully saturated rings. The lowest BCUT2D eigenvalue weighted by Crippen LogP contribution is -2.38. The first-order chi connectivity index (χ1) is 22.4. The van der Waals surface area contributed by atoms with E-state index in [0.717, 1.165) is 38.5 Å². The highest BCUT2D eigenvalue weighted by atomic mass is 32.2. The second-order valence-electron chi connectivity index (χ2n) is 11.1. The molecule has 0 aliphatic carbocycles. The number of aromatic nitrogens is 2. The van der Waals surface area contributed by atoms with E-state index in [2.05, 4.69) is 22.5 Å². The van der Waals surface area contributed by atoms with Crippen molar-refractivity contribution in [1.82, 2.24) is 20.2 Å². The van der Waals surface area contributed by atoms with Gasteiger partial charge in [-0.2, -0.15) is 0 Å². The van der Waals surface area contributed by atoms with Crippen molar-refractivity contribution in [2.75, 3.05) is 18.9 Å². The largest absolute Gasteiger partial charge is 0.465 e. The molecule has 1 aliphatic rings. The number of nitrogens with one attached hydrogen (secondary N) is 2. The van der Waals surface area contributed by atoms with Crippen molar-refractivity contribution in [2.45, 2.75) is 50.7 Å². The van der Waals surface area contributed by atoms with Crippen molar-refractivity contribution >= 4 is 23.8 Å². The van der Waals surface area contributed by atoms with Gasteiger partial charge in [0.25, 0.3) is 0 Å². The number of aryl methyl sites for hydroxylation is 1. The number of hydrogen-bond donors (Lipinski definition) is 3. The van der Waals surface area contributed by atoms with Gasteiger partial charge in [-0.05, 0) is 34.7 Å². The lowest BCUT2D eigenvalue weighted by molar-refractivity contribution is -0.268. The highest BCUT2D eigenvalue weighted by molar-refractivity contribution is 7.99. The minimum absolute atomic E-state index is 0.00968. The maximum Gasteiger partial charge on any atom is 0.325 e. The number of rotatable bonds is 12. The van der Waals surface area contributed by atoms with Crippen LogP contribution in [0.4, 0.5) is 4.79 Å². The van der Waals surface area contributed by atoms with E-state index in [4.69, 9.17) is 14.2 Å². The van der Waals surface area contributed by atoms with Gasteiger partial charge in [0.05, 0.1) is 25.4 Å². The molecule has 10 nitrogen and oxygen atoms in total. The quantitative estimate of drug-likeness (QED) is 0.136. The second kappa shape index (κ2) is 15.9. The summed E-state index contributed by atoms with van der Waals surface area (Å²) in [5.41, 5.74) is 5.67. The van der Waals surface area contributed by atoms with E-state index in [-0.39, 0.29) is 44.4 Å². The van der Waals surface area contributed by atoms with Crippen molar-refractivity contribution in [1.29, 1.82) is 0 Å². The molecule has 242 valence electrons. The van der Waals surface area contributed by atoms with Crippen LogP contribution in [0.1, 0.15) is 48.5 Å². The van der Waals surface area contributed by atoms with Gasteiger partial charge < -0.3 is 34.5 Å². The summed E-state index contributed by atoms with van der Waals surface area (Å²) in [6.45, 7) is 4.21. The van der Waals surface area contributed by atoms with Crippen LogP contribution in [-0.4, -0.2) is 51.7 Å². The number of benzene rings is 3. The Hall–Kier alpha value is -4.16. The molecule has 1 saturated heterocycles. The molecule has 3 aromatic carbocycles. The number of carbonyl (C=O) groups excluding carboxylic acids is 2. The number of thioether (sulfide) groups is 1. The van der Waals surface area contributed by atoms with E-state index in [1.807, 2.05) is 90.6 Å². The highest BCUT2D eigenvalue weighted by Gasteiger charge is 2.38. The number of urea groups is 1. The normalized spacial score (nSPS) is 19.4. The maximum atomic E-state index is 12.3. The Labute approximate surface area is 273 Å². The molecule has 0 saturated carbocycles. The summed E-state index contributed by atoms with van der Waals surface area (Å²) in [6, 6.07) is 23.4. The van der Waals surface area contributed by atoms with E-state index < -0.39 is 18.3 Å². The van der Waals surface area contributed by atoms with Crippen LogP contribution in [0.25, 0.3) is 11.1 Å². The van der Waals surface area contributed by atoms with Crippen LogP contribution in [0.5, 0.6) is 0 Å². The monoisotopic (exact) mass is 644 g/mol. The van der Waals surface area contributed by atoms with E-state index in [1.165, 1.54) is 0 Å². The van der Waals surface area contributed by atoms with Crippen molar-refractivity contribution in [3.8, 4) is 11.1 Å².